The van der Waals surface area contributed by atoms with Crippen molar-refractivity contribution in [1.29, 1.82) is 0 Å². The Labute approximate surface area is 160 Å². The van der Waals surface area contributed by atoms with Crippen molar-refractivity contribution in [3.63, 3.8) is 0 Å². The van der Waals surface area contributed by atoms with Crippen LogP contribution in [0.2, 0.25) is 0 Å². The first-order valence-corrected chi connectivity index (χ1v) is 11.1. The number of hydrogen-bond donors (Lipinski definition) is 1. The van der Waals surface area contributed by atoms with E-state index in [0.717, 1.165) is 31.9 Å². The molecule has 1 N–H and O–H groups in total. The zero-order valence-electron chi connectivity index (χ0n) is 18.9. The van der Waals surface area contributed by atoms with Crippen molar-refractivity contribution in [2.75, 3.05) is 13.3 Å². The second-order valence-corrected chi connectivity index (χ2v) is 7.71. The van der Waals surface area contributed by atoms with E-state index in [1.807, 2.05) is 13.8 Å². The highest BCUT2D eigenvalue weighted by atomic mass is 32.2. The van der Waals surface area contributed by atoms with Crippen LogP contribution in [0.1, 0.15) is 87.5 Å². The average Bonchev–Trinajstić information content (AvgIpc) is 2.55. The third kappa shape index (κ3) is 101. The summed E-state index contributed by atoms with van der Waals surface area (Å²) >= 11 is 0. The Morgan fingerprint density at radius 3 is 0.920 bits per heavy atom. The first-order chi connectivity index (χ1) is 11.3. The molecule has 4 heteroatoms. The minimum Gasteiger partial charge on any atom is -0.219 e. The predicted octanol–water partition coefficient (Wildman–Crippen LogP) is 6.89. The van der Waals surface area contributed by atoms with Gasteiger partial charge in [0.25, 0.3) is 0 Å². The fourth-order valence-electron chi connectivity index (χ4n) is 0.250. The van der Waals surface area contributed by atoms with Gasteiger partial charge >= 0.3 is 0 Å². The first-order valence-electron chi connectivity index (χ1n) is 9.16. The molecule has 0 fully saturated rings. The summed E-state index contributed by atoms with van der Waals surface area (Å²) in [5, 5.41) is 0. The molecule has 0 aliphatic heterocycles. The molecular weight excluding hydrogens is 330 g/mol. The lowest BCUT2D eigenvalue weighted by Gasteiger charge is -1.89. The highest BCUT2D eigenvalue weighted by molar-refractivity contribution is 7.88. The molecule has 0 aliphatic carbocycles. The minimum atomic E-state index is -2.91. The largest absolute Gasteiger partial charge is 0.219 e. The fourth-order valence-corrected chi connectivity index (χ4v) is 0.250. The van der Waals surface area contributed by atoms with Crippen LogP contribution in [-0.2, 0) is 10.0 Å². The van der Waals surface area contributed by atoms with Crippen LogP contribution in [-0.4, -0.2) is 21.7 Å². The number of rotatable bonds is 5. The summed E-state index contributed by atoms with van der Waals surface area (Å²) in [6.07, 6.45) is 6.85. The molecule has 0 aromatic heterocycles. The molecule has 0 atom stereocenters. The van der Waals surface area contributed by atoms with Gasteiger partial charge in [0.15, 0.2) is 0 Å². The summed E-state index contributed by atoms with van der Waals surface area (Å²) in [6.45, 7) is 27.9. The molecule has 0 bridgehead atoms. The molecule has 0 saturated carbocycles. The Kier molecular flexibility index (Phi) is 39.4. The highest BCUT2D eigenvalue weighted by Gasteiger charge is 1.88. The van der Waals surface area contributed by atoms with Gasteiger partial charge in [-0.25, -0.2) is 13.1 Å². The zero-order chi connectivity index (χ0) is 21.5. The summed E-state index contributed by atoms with van der Waals surface area (Å²) in [7, 11) is -1.54. The average molecular weight is 378 g/mol. The van der Waals surface area contributed by atoms with Crippen molar-refractivity contribution in [2.45, 2.75) is 87.5 Å². The van der Waals surface area contributed by atoms with Crippen LogP contribution in [0.15, 0.2) is 36.5 Å². The summed E-state index contributed by atoms with van der Waals surface area (Å²) in [6, 6.07) is 0. The molecule has 0 heterocycles. The van der Waals surface area contributed by atoms with E-state index in [-0.39, 0.29) is 0 Å². The number of sulfonamides is 1. The van der Waals surface area contributed by atoms with Crippen molar-refractivity contribution in [3.8, 4) is 0 Å². The molecule has 0 unspecified atom stereocenters. The summed E-state index contributed by atoms with van der Waals surface area (Å²) < 4.78 is 21.9. The molecular formula is C21H47NO2S. The third-order valence-electron chi connectivity index (χ3n) is 2.58. The monoisotopic (exact) mass is 377 g/mol. The maximum absolute atomic E-state index is 9.89. The molecule has 25 heavy (non-hydrogen) atoms. The van der Waals surface area contributed by atoms with Crippen LogP contribution in [0, 0.1) is 0 Å². The maximum atomic E-state index is 9.89. The van der Waals surface area contributed by atoms with Gasteiger partial charge in [-0.15, -0.1) is 13.2 Å². The van der Waals surface area contributed by atoms with Gasteiger partial charge in [0.05, 0.1) is 6.26 Å². The molecule has 0 amide bonds. The molecule has 0 spiro atoms. The maximum Gasteiger partial charge on any atom is 0.208 e. The van der Waals surface area contributed by atoms with Crippen molar-refractivity contribution < 1.29 is 8.42 Å². The van der Waals surface area contributed by atoms with E-state index < -0.39 is 10.0 Å². The van der Waals surface area contributed by atoms with Gasteiger partial charge in [-0.05, 0) is 46.6 Å². The Bertz CT molecular complexity index is 376. The van der Waals surface area contributed by atoms with Crippen LogP contribution < -0.4 is 4.72 Å². The lowest BCUT2D eigenvalue weighted by molar-refractivity contribution is 0.594. The molecule has 154 valence electrons. The van der Waals surface area contributed by atoms with E-state index in [2.05, 4.69) is 66.0 Å². The lowest BCUT2D eigenvalue weighted by Crippen LogP contribution is -2.15. The molecule has 0 aromatic rings. The summed E-state index contributed by atoms with van der Waals surface area (Å²) in [5.74, 6) is 0. The number of nitrogens with one attached hydrogen (secondary N) is 1. The van der Waals surface area contributed by atoms with E-state index in [4.69, 9.17) is 0 Å². The number of allylic oxidation sites excluding steroid dienone is 3. The van der Waals surface area contributed by atoms with Crippen molar-refractivity contribution in [1.82, 2.24) is 4.72 Å². The Morgan fingerprint density at radius 1 is 0.760 bits per heavy atom. The van der Waals surface area contributed by atoms with Gasteiger partial charge in [-0.2, -0.15) is 0 Å². The Morgan fingerprint density at radius 2 is 0.920 bits per heavy atom. The van der Waals surface area contributed by atoms with Crippen molar-refractivity contribution in [3.05, 3.63) is 36.5 Å². The fraction of sp³-hybridized carbons (Fsp3) is 0.714. The molecule has 0 saturated heterocycles. The van der Waals surface area contributed by atoms with Gasteiger partial charge in [0.2, 0.25) is 10.0 Å². The number of hydrogen-bond acceptors (Lipinski definition) is 2. The van der Waals surface area contributed by atoms with Gasteiger partial charge in [-0.1, -0.05) is 71.3 Å². The van der Waals surface area contributed by atoms with E-state index in [9.17, 15) is 8.42 Å². The smallest absolute Gasteiger partial charge is 0.208 e. The van der Waals surface area contributed by atoms with Crippen LogP contribution in [0.4, 0.5) is 0 Å². The topological polar surface area (TPSA) is 46.2 Å². The highest BCUT2D eigenvalue weighted by Crippen LogP contribution is 1.98. The van der Waals surface area contributed by atoms with Gasteiger partial charge < -0.3 is 0 Å². The SMILES string of the molecule is C=C(C)CC.C=C(C)CC.C=C(CC)CC.CCC.CNS(C)(=O)=O. The summed E-state index contributed by atoms with van der Waals surface area (Å²) in [4.78, 5) is 0. The normalized spacial score (nSPS) is 8.56. The molecule has 0 aliphatic rings. The van der Waals surface area contributed by atoms with Crippen molar-refractivity contribution in [2.24, 2.45) is 0 Å². The lowest BCUT2D eigenvalue weighted by atomic mass is 10.2. The minimum absolute atomic E-state index is 1.10. The van der Waals surface area contributed by atoms with Crippen LogP contribution in [0.3, 0.4) is 0 Å². The van der Waals surface area contributed by atoms with E-state index >= 15 is 0 Å². The van der Waals surface area contributed by atoms with E-state index in [1.165, 1.54) is 30.2 Å². The third-order valence-corrected chi connectivity index (χ3v) is 3.32. The van der Waals surface area contributed by atoms with Crippen molar-refractivity contribution >= 4 is 10.0 Å². The van der Waals surface area contributed by atoms with Gasteiger partial charge in [0.1, 0.15) is 0 Å². The predicted molar refractivity (Wildman–Crippen MR) is 120 cm³/mol. The Hall–Kier alpha value is -0.870. The van der Waals surface area contributed by atoms with Crippen LogP contribution >= 0.6 is 0 Å². The molecule has 0 radical (unpaired) electrons. The van der Waals surface area contributed by atoms with Gasteiger partial charge in [0, 0.05) is 0 Å². The molecule has 0 aromatic carbocycles. The van der Waals surface area contributed by atoms with Crippen LogP contribution in [0.5, 0.6) is 0 Å². The standard InChI is InChI=1S/C6H12.2C5H10.C3H8.C2H7NO2S/c1-4-6(3)5-2;2*1-4-5(2)3;1-3-2;1-3-6(2,4)5/h3-5H2,1-2H3;2*2,4H2,1,3H3;3H2,1-2H3;3H,1-2H3. The molecule has 3 nitrogen and oxygen atoms in total. The van der Waals surface area contributed by atoms with E-state index in [1.54, 1.807) is 0 Å². The van der Waals surface area contributed by atoms with Crippen LogP contribution in [0.25, 0.3) is 0 Å². The Balaban J connectivity index is -0.0000000678. The second kappa shape index (κ2) is 28.0. The summed E-state index contributed by atoms with van der Waals surface area (Å²) in [5.41, 5.74) is 3.85. The van der Waals surface area contributed by atoms with Gasteiger partial charge in [-0.3, -0.25) is 0 Å². The second-order valence-electron chi connectivity index (χ2n) is 5.76. The first kappa shape index (κ1) is 35.3. The quantitative estimate of drug-likeness (QED) is 0.530. The van der Waals surface area contributed by atoms with E-state index in [0.29, 0.717) is 0 Å². The molecule has 0 rings (SSSR count). The zero-order valence-corrected chi connectivity index (χ0v) is 19.7.